The van der Waals surface area contributed by atoms with E-state index in [1.54, 1.807) is 23.1 Å². The van der Waals surface area contributed by atoms with Crippen molar-refractivity contribution in [1.82, 2.24) is 10.2 Å². The third-order valence-electron chi connectivity index (χ3n) is 5.37. The number of rotatable bonds is 11. The molecule has 0 saturated heterocycles. The molecule has 35 heavy (non-hydrogen) atoms. The third kappa shape index (κ3) is 8.71. The number of nitrogens with one attached hydrogen (secondary N) is 1. The van der Waals surface area contributed by atoms with E-state index in [0.717, 1.165) is 15.6 Å². The molecule has 1 N–H and O–H groups in total. The van der Waals surface area contributed by atoms with E-state index >= 15 is 0 Å². The molecule has 0 aromatic heterocycles. The van der Waals surface area contributed by atoms with Gasteiger partial charge >= 0.3 is 0 Å². The summed E-state index contributed by atoms with van der Waals surface area (Å²) < 4.78 is 6.69. The van der Waals surface area contributed by atoms with E-state index in [2.05, 4.69) is 21.2 Å². The molecule has 0 aliphatic carbocycles. The monoisotopic (exact) mass is 556 g/mol. The minimum atomic E-state index is -0.712. The SMILES string of the molecule is CC(C)CNC(=O)[C@@H](Cc1ccccc1)N(Cc1cccc(Cl)c1)C(=O)COc1ccc(Br)cc1. The van der Waals surface area contributed by atoms with Gasteiger partial charge in [0, 0.05) is 29.0 Å². The van der Waals surface area contributed by atoms with Gasteiger partial charge in [0.15, 0.2) is 6.61 Å². The van der Waals surface area contributed by atoms with Crippen LogP contribution in [-0.2, 0) is 22.6 Å². The highest BCUT2D eigenvalue weighted by Gasteiger charge is 2.30. The maximum absolute atomic E-state index is 13.5. The first-order chi connectivity index (χ1) is 16.8. The van der Waals surface area contributed by atoms with Gasteiger partial charge in [-0.1, -0.05) is 83.8 Å². The molecule has 0 heterocycles. The lowest BCUT2D eigenvalue weighted by atomic mass is 10.0. The Morgan fingerprint density at radius 3 is 2.31 bits per heavy atom. The molecule has 3 rings (SSSR count). The summed E-state index contributed by atoms with van der Waals surface area (Å²) in [6.45, 7) is 4.64. The molecule has 1 atom stereocenters. The van der Waals surface area contributed by atoms with Crippen molar-refractivity contribution < 1.29 is 14.3 Å². The van der Waals surface area contributed by atoms with Crippen LogP contribution in [0.2, 0.25) is 5.02 Å². The molecule has 0 spiro atoms. The van der Waals surface area contributed by atoms with Crippen molar-refractivity contribution in [1.29, 1.82) is 0 Å². The molecule has 5 nitrogen and oxygen atoms in total. The molecule has 0 radical (unpaired) electrons. The molecule has 3 aromatic carbocycles. The average molecular weight is 558 g/mol. The molecule has 184 valence electrons. The van der Waals surface area contributed by atoms with Crippen LogP contribution in [-0.4, -0.2) is 35.9 Å². The van der Waals surface area contributed by atoms with Crippen LogP contribution < -0.4 is 10.1 Å². The van der Waals surface area contributed by atoms with Crippen molar-refractivity contribution in [2.75, 3.05) is 13.2 Å². The van der Waals surface area contributed by atoms with Crippen molar-refractivity contribution in [3.8, 4) is 5.75 Å². The second kappa shape index (κ2) is 13.3. The predicted octanol–water partition coefficient (Wildman–Crippen LogP) is 5.89. The Morgan fingerprint density at radius 2 is 1.66 bits per heavy atom. The van der Waals surface area contributed by atoms with Crippen molar-refractivity contribution >= 4 is 39.3 Å². The number of hydrogen-bond donors (Lipinski definition) is 1. The molecular formula is C28H30BrClN2O3. The van der Waals surface area contributed by atoms with Gasteiger partial charge in [-0.3, -0.25) is 9.59 Å². The van der Waals surface area contributed by atoms with Crippen LogP contribution in [0, 0.1) is 5.92 Å². The van der Waals surface area contributed by atoms with Crippen LogP contribution in [0.3, 0.4) is 0 Å². The van der Waals surface area contributed by atoms with Gasteiger partial charge in [-0.05, 0) is 53.4 Å². The van der Waals surface area contributed by atoms with Gasteiger partial charge < -0.3 is 15.0 Å². The van der Waals surface area contributed by atoms with Crippen LogP contribution in [0.5, 0.6) is 5.75 Å². The predicted molar refractivity (Wildman–Crippen MR) is 143 cm³/mol. The van der Waals surface area contributed by atoms with Crippen LogP contribution in [0.1, 0.15) is 25.0 Å². The normalized spacial score (nSPS) is 11.7. The van der Waals surface area contributed by atoms with Crippen LogP contribution in [0.25, 0.3) is 0 Å². The lowest BCUT2D eigenvalue weighted by Gasteiger charge is -2.31. The summed E-state index contributed by atoms with van der Waals surface area (Å²) in [5.41, 5.74) is 1.80. The van der Waals surface area contributed by atoms with E-state index in [1.165, 1.54) is 0 Å². The van der Waals surface area contributed by atoms with Gasteiger partial charge in [-0.2, -0.15) is 0 Å². The summed E-state index contributed by atoms with van der Waals surface area (Å²) in [7, 11) is 0. The smallest absolute Gasteiger partial charge is 0.261 e. The second-order valence-electron chi connectivity index (χ2n) is 8.74. The van der Waals surface area contributed by atoms with Crippen molar-refractivity contribution in [2.24, 2.45) is 5.92 Å². The second-order valence-corrected chi connectivity index (χ2v) is 10.1. The molecule has 2 amide bonds. The lowest BCUT2D eigenvalue weighted by Crippen LogP contribution is -2.52. The lowest BCUT2D eigenvalue weighted by molar-refractivity contribution is -0.142. The summed E-state index contributed by atoms with van der Waals surface area (Å²) in [6.07, 6.45) is 0.384. The number of hydrogen-bond acceptors (Lipinski definition) is 3. The summed E-state index contributed by atoms with van der Waals surface area (Å²) in [5, 5.41) is 3.58. The van der Waals surface area contributed by atoms with E-state index in [4.69, 9.17) is 16.3 Å². The maximum atomic E-state index is 13.5. The molecule has 0 aliphatic heterocycles. The van der Waals surface area contributed by atoms with Gasteiger partial charge in [0.1, 0.15) is 11.8 Å². The van der Waals surface area contributed by atoms with Gasteiger partial charge in [-0.15, -0.1) is 0 Å². The Morgan fingerprint density at radius 1 is 0.971 bits per heavy atom. The van der Waals surface area contributed by atoms with Gasteiger partial charge in [0.2, 0.25) is 5.91 Å². The fourth-order valence-corrected chi connectivity index (χ4v) is 4.04. The number of carbonyl (C=O) groups is 2. The average Bonchev–Trinajstić information content (AvgIpc) is 2.85. The number of nitrogens with zero attached hydrogens (tertiary/aromatic N) is 1. The number of amides is 2. The van der Waals surface area contributed by atoms with E-state index in [0.29, 0.717) is 23.7 Å². The molecule has 7 heteroatoms. The summed E-state index contributed by atoms with van der Waals surface area (Å²) in [4.78, 5) is 28.5. The zero-order valence-electron chi connectivity index (χ0n) is 19.9. The Balaban J connectivity index is 1.89. The molecular weight excluding hydrogens is 528 g/mol. The fraction of sp³-hybridized carbons (Fsp3) is 0.286. The Bertz CT molecular complexity index is 1110. The highest BCUT2D eigenvalue weighted by molar-refractivity contribution is 9.10. The summed E-state index contributed by atoms with van der Waals surface area (Å²) >= 11 is 9.60. The molecule has 3 aromatic rings. The number of ether oxygens (including phenoxy) is 1. The minimum Gasteiger partial charge on any atom is -0.484 e. The number of carbonyl (C=O) groups excluding carboxylic acids is 2. The first-order valence-electron chi connectivity index (χ1n) is 11.6. The Kier molecular flexibility index (Phi) is 10.2. The minimum absolute atomic E-state index is 0.190. The summed E-state index contributed by atoms with van der Waals surface area (Å²) in [5.74, 6) is 0.386. The van der Waals surface area contributed by atoms with Crippen LogP contribution in [0.4, 0.5) is 0 Å². The number of halogens is 2. The van der Waals surface area contributed by atoms with Gasteiger partial charge in [0.25, 0.3) is 5.91 Å². The molecule has 0 fully saturated rings. The third-order valence-corrected chi connectivity index (χ3v) is 6.14. The van der Waals surface area contributed by atoms with E-state index in [9.17, 15) is 9.59 Å². The summed E-state index contributed by atoms with van der Waals surface area (Å²) in [6, 6.07) is 23.6. The maximum Gasteiger partial charge on any atom is 0.261 e. The first kappa shape index (κ1) is 26.8. The highest BCUT2D eigenvalue weighted by Crippen LogP contribution is 2.19. The highest BCUT2D eigenvalue weighted by atomic mass is 79.9. The topological polar surface area (TPSA) is 58.6 Å². The van der Waals surface area contributed by atoms with Gasteiger partial charge in [-0.25, -0.2) is 0 Å². The Hall–Kier alpha value is -2.83. The molecule has 0 saturated carbocycles. The van der Waals surface area contributed by atoms with Crippen molar-refractivity contribution in [3.63, 3.8) is 0 Å². The van der Waals surface area contributed by atoms with Gasteiger partial charge in [0.05, 0.1) is 0 Å². The number of benzene rings is 3. The first-order valence-corrected chi connectivity index (χ1v) is 12.7. The van der Waals surface area contributed by atoms with Crippen molar-refractivity contribution in [3.05, 3.63) is 99.5 Å². The zero-order valence-corrected chi connectivity index (χ0v) is 22.3. The van der Waals surface area contributed by atoms with Crippen molar-refractivity contribution in [2.45, 2.75) is 32.9 Å². The fourth-order valence-electron chi connectivity index (χ4n) is 3.57. The van der Waals surface area contributed by atoms with Crippen LogP contribution >= 0.6 is 27.5 Å². The zero-order chi connectivity index (χ0) is 25.2. The van der Waals surface area contributed by atoms with Crippen LogP contribution in [0.15, 0.2) is 83.3 Å². The molecule has 0 unspecified atom stereocenters. The standard InChI is InChI=1S/C28H30BrClN2O3/c1-20(2)17-31-28(34)26(16-21-7-4-3-5-8-21)32(18-22-9-6-10-24(30)15-22)27(33)19-35-25-13-11-23(29)12-14-25/h3-15,20,26H,16-19H2,1-2H3,(H,31,34)/t26-/m1/s1. The molecule has 0 bridgehead atoms. The van der Waals surface area contributed by atoms with E-state index in [-0.39, 0.29) is 30.9 Å². The Labute approximate surface area is 220 Å². The van der Waals surface area contributed by atoms with E-state index < -0.39 is 6.04 Å². The largest absolute Gasteiger partial charge is 0.484 e. The quantitative estimate of drug-likeness (QED) is 0.320. The molecule has 0 aliphatic rings. The van der Waals surface area contributed by atoms with E-state index in [1.807, 2.05) is 74.5 Å².